The van der Waals surface area contributed by atoms with Gasteiger partial charge in [-0.25, -0.2) is 0 Å². The third kappa shape index (κ3) is 10.3. The zero-order chi connectivity index (χ0) is 85.6. The first-order valence-corrected chi connectivity index (χ1v) is 39.8. The number of fused-ring (bicyclic) bond motifs is 28. The molecule has 0 aromatic heterocycles. The summed E-state index contributed by atoms with van der Waals surface area (Å²) in [6.07, 6.45) is 0. The van der Waals surface area contributed by atoms with Crippen LogP contribution in [0.3, 0.4) is 0 Å². The first-order chi connectivity index (χ1) is 60.6. The van der Waals surface area contributed by atoms with E-state index in [1.54, 1.807) is 12.1 Å². The third-order valence-corrected chi connectivity index (χ3v) is 25.6. The van der Waals surface area contributed by atoms with Gasteiger partial charge in [0.15, 0.2) is 0 Å². The van der Waals surface area contributed by atoms with Crippen LogP contribution in [0.2, 0.25) is 5.02 Å². The van der Waals surface area contributed by atoms with Crippen molar-refractivity contribution >= 4 is 61.6 Å². The normalized spacial score (nSPS) is 17.1. The predicted molar refractivity (Wildman–Crippen MR) is 482 cm³/mol. The van der Waals surface area contributed by atoms with Crippen LogP contribution in [-0.4, -0.2) is 0 Å². The lowest BCUT2D eigenvalue weighted by atomic mass is 9.70. The van der Waals surface area contributed by atoms with E-state index in [1.165, 1.54) is 155 Å². The number of anilines is 5. The Kier molecular flexibility index (Phi) is 13.3. The van der Waals surface area contributed by atoms with Crippen molar-refractivity contribution in [2.24, 2.45) is 0 Å². The lowest BCUT2D eigenvalue weighted by Crippen LogP contribution is -2.26. The Balaban J connectivity index is 0.000000123. The number of hydrogen-bond donors (Lipinski definition) is 1. The van der Waals surface area contributed by atoms with Crippen LogP contribution in [0.15, 0.2) is 400 Å². The van der Waals surface area contributed by atoms with Gasteiger partial charge in [0, 0.05) is 44.3 Å². The summed E-state index contributed by atoms with van der Waals surface area (Å²) in [5.41, 5.74) is 35.9. The number of benzene rings is 18. The van der Waals surface area contributed by atoms with E-state index in [2.05, 4.69) is 323 Å². The molecule has 0 bridgehead atoms. The Morgan fingerprint density at radius 1 is 0.235 bits per heavy atom. The molecule has 0 aliphatic heterocycles. The second-order valence-electron chi connectivity index (χ2n) is 32.0. The molecule has 0 saturated heterocycles. The summed E-state index contributed by atoms with van der Waals surface area (Å²) in [5, 5.41) is 9.21. The van der Waals surface area contributed by atoms with Gasteiger partial charge in [-0.15, -0.1) is 0 Å². The van der Waals surface area contributed by atoms with Crippen LogP contribution in [-0.2, 0) is 21.7 Å². The molecule has 1 N–H and O–H groups in total. The molecule has 0 saturated carbocycles. The minimum atomic E-state index is -0.560. The summed E-state index contributed by atoms with van der Waals surface area (Å²) in [6, 6.07) is 118. The van der Waals surface area contributed by atoms with Gasteiger partial charge in [-0.05, 0) is 274 Å². The van der Waals surface area contributed by atoms with Crippen LogP contribution >= 0.6 is 11.6 Å². The van der Waals surface area contributed by atoms with E-state index in [4.69, 9.17) is 25.3 Å². The van der Waals surface area contributed by atoms with Crippen molar-refractivity contribution < 1.29 is 13.7 Å². The molecule has 3 heteroatoms. The molecule has 0 radical (unpaired) electrons. The Morgan fingerprint density at radius 2 is 0.539 bits per heavy atom. The number of nitrogens with zero attached hydrogens (tertiary/aromatic N) is 1. The highest BCUT2D eigenvalue weighted by Crippen LogP contribution is 2.66. The highest BCUT2D eigenvalue weighted by Gasteiger charge is 2.54. The summed E-state index contributed by atoms with van der Waals surface area (Å²) < 4.78 is 82.2. The highest BCUT2D eigenvalue weighted by atomic mass is 35.5. The summed E-state index contributed by atoms with van der Waals surface area (Å²) >= 11 is 6.58. The number of halogens is 1. The second-order valence-corrected chi connectivity index (χ2v) is 32.4. The molecule has 115 heavy (non-hydrogen) atoms. The molecule has 0 fully saturated rings. The Morgan fingerprint density at radius 3 is 0.991 bits per heavy atom. The Bertz CT molecular complexity index is 7620. The molecule has 544 valence electrons. The average Bonchev–Trinajstić information content (AvgIpc) is 1.51. The van der Waals surface area contributed by atoms with E-state index in [0.29, 0.717) is 11.1 Å². The molecular weight excluding hydrogens is 1410 g/mol. The molecule has 2 nitrogen and oxygen atoms in total. The van der Waals surface area contributed by atoms with Crippen LogP contribution in [0.25, 0.3) is 111 Å². The predicted octanol–water partition coefficient (Wildman–Crippen LogP) is 29.9. The van der Waals surface area contributed by atoms with E-state index in [0.717, 1.165) is 33.5 Å². The largest absolute Gasteiger partial charge is 0.356 e. The molecule has 18 aromatic rings. The molecule has 24 rings (SSSR count). The Hall–Kier alpha value is -13.6. The smallest absolute Gasteiger partial charge is 0.0726 e. The average molecular weight is 1500 g/mol. The van der Waals surface area contributed by atoms with Gasteiger partial charge in [0.2, 0.25) is 0 Å². The van der Waals surface area contributed by atoms with Crippen molar-refractivity contribution in [2.45, 2.75) is 49.4 Å². The van der Waals surface area contributed by atoms with Gasteiger partial charge in [-0.1, -0.05) is 342 Å². The standard InChI is InChI=1S/C56H39N.C29H17Cl.C27H23N/c1-55(2)49-21-11-8-18-43(49)46-30-28-41(34-52(46)55)57(40-26-24-37(25-27-40)36-14-4-3-5-15-36)42-29-31-47-44-19-9-12-22-50(44)56(54(47)35-42)51-23-13-10-20-45(51)48-32-38-16-6-7-17-39(38)33-53(48)56;30-20-13-14-23-21-9-3-5-11-25(21)29(28(23)17-20)26-12-6-4-10-22(26)24-15-18-7-1-2-8-19(18)16-27(24)29;1-27(2)25-11-7-6-10-23(25)24-17-16-22(18-26(24)27)28-21-14-12-20(13-15-21)19-8-4-3-5-9-19/h3-35H,1-2H3;1-17H;3-18,28H,1-2H3/i3D,4D,5D,14D,15D;;3D,4D,5D,8D,9D. The van der Waals surface area contributed by atoms with E-state index < -0.39 is 11.5 Å². The summed E-state index contributed by atoms with van der Waals surface area (Å²) in [4.78, 5) is 2.31. The van der Waals surface area contributed by atoms with Gasteiger partial charge in [0.25, 0.3) is 0 Å². The maximum Gasteiger partial charge on any atom is 0.0726 e. The first-order valence-electron chi connectivity index (χ1n) is 44.4. The molecule has 2 atom stereocenters. The molecule has 0 heterocycles. The van der Waals surface area contributed by atoms with Crippen LogP contribution in [0.4, 0.5) is 28.4 Å². The fraction of sp³-hybridized carbons (Fsp3) is 0.0714. The van der Waals surface area contributed by atoms with Crippen molar-refractivity contribution in [3.63, 3.8) is 0 Å². The number of nitrogens with one attached hydrogen (secondary N) is 1. The fourth-order valence-corrected chi connectivity index (χ4v) is 20.4. The van der Waals surface area contributed by atoms with Gasteiger partial charge >= 0.3 is 0 Å². The van der Waals surface area contributed by atoms with Crippen molar-refractivity contribution in [1.82, 2.24) is 0 Å². The molecule has 0 amide bonds. The molecule has 6 aliphatic carbocycles. The highest BCUT2D eigenvalue weighted by molar-refractivity contribution is 6.31. The van der Waals surface area contributed by atoms with E-state index in [9.17, 15) is 0 Å². The SMILES string of the molecule is Clc1ccc2c(c1)C1(c3ccccc3-2)c2ccccc2-c2cc3ccccc3cc21.[2H]c1c([2H])c([2H])c(-c2ccc(N(c3ccc4c(c3)C(C)(C)c3ccccc3-4)c3ccc4c(c3)C3(c5ccccc5-4)c4ccccc4-c4cc5ccccc5cc43)cc2)c([2H])c1[2H].[2H]c1c([2H])c([2H])c(-c2ccc(Nc3ccc4c(c3)C(C)(C)c3ccccc3-4)cc2)c([2H])c1[2H]. The molecule has 6 aliphatic rings. The number of hydrogen-bond acceptors (Lipinski definition) is 2. The van der Waals surface area contributed by atoms with Crippen molar-refractivity contribution in [3.05, 3.63) is 472 Å². The van der Waals surface area contributed by atoms with Gasteiger partial charge in [-0.2, -0.15) is 0 Å². The first kappa shape index (κ1) is 58.3. The zero-order valence-electron chi connectivity index (χ0n) is 73.7. The monoisotopic (exact) mass is 1500 g/mol. The Labute approximate surface area is 691 Å². The summed E-state index contributed by atoms with van der Waals surface area (Å²) in [5.74, 6) is 0. The van der Waals surface area contributed by atoms with Crippen LogP contribution in [0.5, 0.6) is 0 Å². The van der Waals surface area contributed by atoms with E-state index in [-0.39, 0.29) is 81.8 Å². The van der Waals surface area contributed by atoms with Crippen molar-refractivity contribution in [3.8, 4) is 89.0 Å². The maximum absolute atomic E-state index is 8.71. The van der Waals surface area contributed by atoms with E-state index >= 15 is 0 Å². The van der Waals surface area contributed by atoms with Crippen LogP contribution in [0.1, 0.15) is 108 Å². The topological polar surface area (TPSA) is 15.3 Å². The van der Waals surface area contributed by atoms with Crippen LogP contribution < -0.4 is 10.2 Å². The van der Waals surface area contributed by atoms with E-state index in [1.807, 2.05) is 42.5 Å². The fourth-order valence-electron chi connectivity index (χ4n) is 20.3. The lowest BCUT2D eigenvalue weighted by molar-refractivity contribution is 0.660. The minimum Gasteiger partial charge on any atom is -0.356 e. The maximum atomic E-state index is 8.71. The van der Waals surface area contributed by atoms with Crippen LogP contribution in [0, 0.1) is 0 Å². The molecule has 2 spiro atoms. The summed E-state index contributed by atoms with van der Waals surface area (Å²) in [7, 11) is 0. The quantitative estimate of drug-likeness (QED) is 0.171. The lowest BCUT2D eigenvalue weighted by Gasteiger charge is -2.32. The molecule has 2 unspecified atom stereocenters. The minimum absolute atomic E-state index is 0.0749. The van der Waals surface area contributed by atoms with Gasteiger partial charge < -0.3 is 10.2 Å². The molecular formula is C112H79ClN2. The van der Waals surface area contributed by atoms with Crippen molar-refractivity contribution in [2.75, 3.05) is 10.2 Å². The van der Waals surface area contributed by atoms with Gasteiger partial charge in [0.1, 0.15) is 0 Å². The zero-order valence-corrected chi connectivity index (χ0v) is 64.4. The second kappa shape index (κ2) is 26.2. The van der Waals surface area contributed by atoms with Gasteiger partial charge in [0.05, 0.1) is 24.5 Å². The summed E-state index contributed by atoms with van der Waals surface area (Å²) in [6.45, 7) is 9.10. The number of rotatable bonds is 7. The molecule has 18 aromatic carbocycles. The third-order valence-electron chi connectivity index (χ3n) is 25.4. The van der Waals surface area contributed by atoms with Gasteiger partial charge in [-0.3, -0.25) is 0 Å². The van der Waals surface area contributed by atoms with Crippen molar-refractivity contribution in [1.29, 1.82) is 0 Å².